The van der Waals surface area contributed by atoms with Gasteiger partial charge in [0.2, 0.25) is 5.95 Å². The van der Waals surface area contributed by atoms with Gasteiger partial charge in [0.1, 0.15) is 0 Å². The molecule has 2 aromatic heterocycles. The van der Waals surface area contributed by atoms with Gasteiger partial charge in [-0.15, -0.1) is 0 Å². The lowest BCUT2D eigenvalue weighted by atomic mass is 9.91. The van der Waals surface area contributed by atoms with E-state index in [0.717, 1.165) is 34.9 Å². The molecule has 1 saturated carbocycles. The Labute approximate surface area is 165 Å². The van der Waals surface area contributed by atoms with Crippen LogP contribution >= 0.6 is 0 Å². The van der Waals surface area contributed by atoms with Gasteiger partial charge >= 0.3 is 0 Å². The van der Waals surface area contributed by atoms with Crippen molar-refractivity contribution in [1.82, 2.24) is 15.0 Å². The molecule has 1 fully saturated rings. The molecule has 0 radical (unpaired) electrons. The number of fused-ring (bicyclic) bond motifs is 1. The van der Waals surface area contributed by atoms with Gasteiger partial charge < -0.3 is 11.1 Å². The van der Waals surface area contributed by atoms with Crippen molar-refractivity contribution in [2.45, 2.75) is 37.8 Å². The molecule has 28 heavy (non-hydrogen) atoms. The van der Waals surface area contributed by atoms with Gasteiger partial charge in [0.15, 0.2) is 10.9 Å². The number of nitrogens with zero attached hydrogens (tertiary/aromatic N) is 3. The van der Waals surface area contributed by atoms with E-state index < -0.39 is 10.9 Å². The second kappa shape index (κ2) is 9.54. The third-order valence-corrected chi connectivity index (χ3v) is 4.71. The number of rotatable bonds is 3. The van der Waals surface area contributed by atoms with Crippen molar-refractivity contribution in [3.05, 3.63) is 48.9 Å². The fraction of sp³-hybridized carbons (Fsp3) is 0.316. The molecule has 0 amide bonds. The van der Waals surface area contributed by atoms with Crippen molar-refractivity contribution >= 4 is 27.7 Å². The highest BCUT2D eigenvalue weighted by molar-refractivity contribution is 7.69. The van der Waals surface area contributed by atoms with Crippen LogP contribution in [-0.2, 0) is 10.9 Å². The van der Waals surface area contributed by atoms with Crippen LogP contribution in [0.2, 0.25) is 0 Å². The molecule has 1 aromatic carbocycles. The zero-order chi connectivity index (χ0) is 19.9. The largest absolute Gasteiger partial charge is 0.350 e. The monoisotopic (exact) mass is 400 g/mol. The molecule has 0 bridgehead atoms. The van der Waals surface area contributed by atoms with Gasteiger partial charge in [-0.1, -0.05) is 43.2 Å². The molecule has 1 aliphatic rings. The minimum Gasteiger partial charge on any atom is -0.350 e. The Morgan fingerprint density at radius 1 is 1.04 bits per heavy atom. The lowest BCUT2D eigenvalue weighted by molar-refractivity contribution is 0.402. The van der Waals surface area contributed by atoms with Crippen LogP contribution in [-0.4, -0.2) is 35.5 Å². The maximum atomic E-state index is 8.81. The normalized spacial score (nSPS) is 19.1. The Balaban J connectivity index is 0.000000516. The fourth-order valence-corrected chi connectivity index (χ4v) is 3.36. The molecule has 2 atom stereocenters. The Hall–Kier alpha value is -2.62. The fourth-order valence-electron chi connectivity index (χ4n) is 3.36. The molecule has 2 heterocycles. The summed E-state index contributed by atoms with van der Waals surface area (Å²) in [6.45, 7) is 0. The molecule has 0 saturated heterocycles. The number of aromatic nitrogens is 3. The van der Waals surface area contributed by atoms with Crippen molar-refractivity contribution in [2.75, 3.05) is 5.32 Å². The van der Waals surface area contributed by atoms with E-state index in [0.29, 0.717) is 5.95 Å². The van der Waals surface area contributed by atoms with E-state index in [1.807, 2.05) is 30.6 Å². The van der Waals surface area contributed by atoms with E-state index in [4.69, 9.17) is 19.1 Å². The number of hydrogen-bond donors (Lipinski definition) is 4. The second-order valence-corrected chi connectivity index (χ2v) is 7.24. The SMILES string of the molecule is N[C@H]1CCCC[C@H]1Nc1ncc2cncc(-c3ccccc3)c2n1.N[SH](=O)=O. The molecule has 4 rings (SSSR count). The quantitative estimate of drug-likeness (QED) is 0.492. The highest BCUT2D eigenvalue weighted by Gasteiger charge is 2.22. The van der Waals surface area contributed by atoms with E-state index in [9.17, 15) is 0 Å². The number of nitrogens with two attached hydrogens (primary N) is 2. The highest BCUT2D eigenvalue weighted by atomic mass is 32.2. The first-order chi connectivity index (χ1) is 13.5. The molecule has 5 N–H and O–H groups in total. The summed E-state index contributed by atoms with van der Waals surface area (Å²) in [6.07, 6.45) is 10.0. The van der Waals surface area contributed by atoms with Crippen LogP contribution in [0.25, 0.3) is 22.0 Å². The summed E-state index contributed by atoms with van der Waals surface area (Å²) >= 11 is 0. The van der Waals surface area contributed by atoms with Crippen LogP contribution in [0.4, 0.5) is 5.95 Å². The second-order valence-electron chi connectivity index (χ2n) is 6.67. The van der Waals surface area contributed by atoms with Crippen molar-refractivity contribution in [3.8, 4) is 11.1 Å². The summed E-state index contributed by atoms with van der Waals surface area (Å²) in [4.78, 5) is 13.5. The zero-order valence-corrected chi connectivity index (χ0v) is 16.3. The first-order valence-corrected chi connectivity index (χ1v) is 10.4. The Bertz CT molecular complexity index is 988. The lowest BCUT2D eigenvalue weighted by Gasteiger charge is -2.29. The average Bonchev–Trinajstić information content (AvgIpc) is 2.69. The molecule has 9 heteroatoms. The van der Waals surface area contributed by atoms with Gasteiger partial charge in [-0.3, -0.25) is 4.98 Å². The Kier molecular flexibility index (Phi) is 6.85. The minimum absolute atomic E-state index is 0.170. The van der Waals surface area contributed by atoms with Crippen LogP contribution in [0.15, 0.2) is 48.9 Å². The summed E-state index contributed by atoms with van der Waals surface area (Å²) in [5.41, 5.74) is 9.27. The number of thiol groups is 1. The van der Waals surface area contributed by atoms with Crippen molar-refractivity contribution in [3.63, 3.8) is 0 Å². The van der Waals surface area contributed by atoms with E-state index in [1.54, 1.807) is 6.20 Å². The molecule has 0 spiro atoms. The number of pyridine rings is 1. The number of nitrogens with one attached hydrogen (secondary N) is 1. The van der Waals surface area contributed by atoms with Gasteiger partial charge in [-0.2, -0.15) is 0 Å². The van der Waals surface area contributed by atoms with Gasteiger partial charge in [-0.25, -0.2) is 23.5 Å². The summed E-state index contributed by atoms with van der Waals surface area (Å²) < 4.78 is 17.6. The van der Waals surface area contributed by atoms with E-state index in [1.165, 1.54) is 12.8 Å². The topological polar surface area (TPSA) is 137 Å². The van der Waals surface area contributed by atoms with Crippen LogP contribution in [0.3, 0.4) is 0 Å². The predicted octanol–water partition coefficient (Wildman–Crippen LogP) is 1.85. The number of benzene rings is 1. The third-order valence-electron chi connectivity index (χ3n) is 4.71. The van der Waals surface area contributed by atoms with E-state index in [2.05, 4.69) is 32.6 Å². The third kappa shape index (κ3) is 5.22. The lowest BCUT2D eigenvalue weighted by Crippen LogP contribution is -2.42. The van der Waals surface area contributed by atoms with E-state index >= 15 is 0 Å². The average molecular weight is 401 g/mol. The maximum Gasteiger partial charge on any atom is 0.223 e. The summed E-state index contributed by atoms with van der Waals surface area (Å²) in [5.74, 6) is 0.647. The molecule has 8 nitrogen and oxygen atoms in total. The molecule has 0 unspecified atom stereocenters. The van der Waals surface area contributed by atoms with Crippen LogP contribution in [0, 0.1) is 0 Å². The van der Waals surface area contributed by atoms with Crippen molar-refractivity contribution in [2.24, 2.45) is 10.9 Å². The Morgan fingerprint density at radius 3 is 2.46 bits per heavy atom. The molecular weight excluding hydrogens is 376 g/mol. The highest BCUT2D eigenvalue weighted by Crippen LogP contribution is 2.27. The molecule has 1 aliphatic carbocycles. The van der Waals surface area contributed by atoms with E-state index in [-0.39, 0.29) is 12.1 Å². The van der Waals surface area contributed by atoms with Crippen LogP contribution in [0.1, 0.15) is 25.7 Å². The molecule has 3 aromatic rings. The smallest absolute Gasteiger partial charge is 0.223 e. The van der Waals surface area contributed by atoms with Crippen molar-refractivity contribution in [1.29, 1.82) is 0 Å². The Morgan fingerprint density at radius 2 is 1.75 bits per heavy atom. The number of anilines is 1. The molecule has 148 valence electrons. The van der Waals surface area contributed by atoms with Gasteiger partial charge in [0.25, 0.3) is 0 Å². The maximum absolute atomic E-state index is 8.81. The first kappa shape index (κ1) is 20.1. The summed E-state index contributed by atoms with van der Waals surface area (Å²) in [7, 11) is -2.62. The van der Waals surface area contributed by atoms with Crippen LogP contribution < -0.4 is 16.2 Å². The van der Waals surface area contributed by atoms with Crippen LogP contribution in [0.5, 0.6) is 0 Å². The molecular formula is C19H24N6O2S. The summed E-state index contributed by atoms with van der Waals surface area (Å²) in [6, 6.07) is 10.6. The molecule has 0 aliphatic heterocycles. The standard InChI is InChI=1S/C19H21N5.H3NO2S/c20-16-8-4-5-9-17(16)23-19-22-11-14-10-21-12-15(18(14)24-19)13-6-2-1-3-7-13;1-4(2)3/h1-3,6-7,10-12,16-17H,4-5,8-9,20H2,(H,22,23,24);4H,(H2,1,2,3)/t16-,17+;/m0./s1. The van der Waals surface area contributed by atoms with Gasteiger partial charge in [-0.05, 0) is 18.4 Å². The van der Waals surface area contributed by atoms with Crippen molar-refractivity contribution < 1.29 is 8.42 Å². The van der Waals surface area contributed by atoms with Gasteiger partial charge in [0, 0.05) is 41.6 Å². The minimum atomic E-state index is -2.62. The summed E-state index contributed by atoms with van der Waals surface area (Å²) in [5, 5.41) is 8.44. The predicted molar refractivity (Wildman–Crippen MR) is 111 cm³/mol. The first-order valence-electron chi connectivity index (χ1n) is 9.12. The van der Waals surface area contributed by atoms with Gasteiger partial charge in [0.05, 0.1) is 5.52 Å². The zero-order valence-electron chi connectivity index (χ0n) is 15.4. The number of hydrogen-bond acceptors (Lipinski definition) is 7.